The average molecular weight is 514 g/mol. The number of aromatic nitrogens is 1. The first kappa shape index (κ1) is 23.4. The van der Waals surface area contributed by atoms with Crippen molar-refractivity contribution < 1.29 is 14.3 Å². The van der Waals surface area contributed by atoms with E-state index < -0.39 is 0 Å². The van der Waals surface area contributed by atoms with E-state index in [0.717, 1.165) is 41.9 Å². The lowest BCUT2D eigenvalue weighted by atomic mass is 10.1. The lowest BCUT2D eigenvalue weighted by Crippen LogP contribution is -2.35. The van der Waals surface area contributed by atoms with Crippen molar-refractivity contribution >= 4 is 50.6 Å². The summed E-state index contributed by atoms with van der Waals surface area (Å²) in [6, 6.07) is 16.7. The van der Waals surface area contributed by atoms with E-state index in [2.05, 4.69) is 27.6 Å². The number of amides is 3. The number of carbonyl (C=O) groups is 2. The van der Waals surface area contributed by atoms with Gasteiger partial charge in [-0.1, -0.05) is 18.2 Å². The molecule has 0 aliphatic carbocycles. The van der Waals surface area contributed by atoms with Gasteiger partial charge in [0.2, 0.25) is 0 Å². The molecule has 2 N–H and O–H groups in total. The summed E-state index contributed by atoms with van der Waals surface area (Å²) >= 11 is 1.31. The summed E-state index contributed by atoms with van der Waals surface area (Å²) in [5.41, 5.74) is 2.86. The second-order valence-electron chi connectivity index (χ2n) is 9.57. The van der Waals surface area contributed by atoms with Gasteiger partial charge in [-0.15, -0.1) is 11.3 Å². The zero-order valence-electron chi connectivity index (χ0n) is 20.7. The third kappa shape index (κ3) is 4.41. The Morgan fingerprint density at radius 3 is 2.76 bits per heavy atom. The molecule has 37 heavy (non-hydrogen) atoms. The number of hydrogen-bond donors (Lipinski definition) is 2. The minimum atomic E-state index is -0.315. The molecule has 0 spiro atoms. The van der Waals surface area contributed by atoms with Crippen LogP contribution in [-0.4, -0.2) is 48.5 Å². The van der Waals surface area contributed by atoms with Crippen LogP contribution in [0.15, 0.2) is 60.8 Å². The van der Waals surface area contributed by atoms with Crippen molar-refractivity contribution in [1.29, 1.82) is 0 Å². The molecular formula is C28H27N5O3S. The molecule has 6 rings (SSSR count). The number of aryl methyl sites for hydroxylation is 1. The number of pyridine rings is 1. The highest BCUT2D eigenvalue weighted by molar-refractivity contribution is 7.21. The van der Waals surface area contributed by atoms with Crippen molar-refractivity contribution in [3.63, 3.8) is 0 Å². The molecule has 8 nitrogen and oxygen atoms in total. The molecule has 9 heteroatoms. The third-order valence-electron chi connectivity index (χ3n) is 6.88. The van der Waals surface area contributed by atoms with Gasteiger partial charge >= 0.3 is 6.03 Å². The number of anilines is 3. The molecule has 2 aromatic carbocycles. The van der Waals surface area contributed by atoms with E-state index >= 15 is 0 Å². The summed E-state index contributed by atoms with van der Waals surface area (Å²) in [6.45, 7) is 4.59. The van der Waals surface area contributed by atoms with Gasteiger partial charge in [0, 0.05) is 19.3 Å². The van der Waals surface area contributed by atoms with Gasteiger partial charge in [-0.2, -0.15) is 0 Å². The number of likely N-dealkylation sites (tertiary alicyclic amines) is 1. The molecule has 4 aromatic rings. The van der Waals surface area contributed by atoms with E-state index in [4.69, 9.17) is 4.74 Å². The number of para-hydroxylation sites is 1. The summed E-state index contributed by atoms with van der Waals surface area (Å²) in [4.78, 5) is 36.2. The molecule has 188 valence electrons. The number of carbonyl (C=O) groups excluding carboxylic acids is 2. The Balaban J connectivity index is 1.30. The number of rotatable bonds is 6. The summed E-state index contributed by atoms with van der Waals surface area (Å²) in [5.74, 6) is 1.70. The molecule has 2 aliphatic heterocycles. The van der Waals surface area contributed by atoms with Crippen LogP contribution in [0.1, 0.15) is 21.7 Å². The molecule has 4 heterocycles. The Labute approximate surface area is 218 Å². The first-order valence-corrected chi connectivity index (χ1v) is 13.1. The van der Waals surface area contributed by atoms with Gasteiger partial charge in [0.25, 0.3) is 5.91 Å². The second kappa shape index (κ2) is 9.49. The maximum atomic E-state index is 13.4. The Bertz CT molecular complexity index is 1500. The fraction of sp³-hybridized carbons (Fsp3) is 0.250. The third-order valence-corrected chi connectivity index (χ3v) is 7.98. The van der Waals surface area contributed by atoms with Crippen LogP contribution in [-0.2, 0) is 0 Å². The molecule has 1 fully saturated rings. The van der Waals surface area contributed by atoms with Gasteiger partial charge in [0.15, 0.2) is 0 Å². The molecule has 0 radical (unpaired) electrons. The molecule has 0 saturated carbocycles. The van der Waals surface area contributed by atoms with Crippen LogP contribution in [0, 0.1) is 12.8 Å². The van der Waals surface area contributed by atoms with Crippen LogP contribution in [0.25, 0.3) is 10.2 Å². The second-order valence-corrected chi connectivity index (χ2v) is 10.6. The minimum absolute atomic E-state index is 0.175. The normalized spacial score (nSPS) is 17.2. The van der Waals surface area contributed by atoms with Crippen molar-refractivity contribution in [3.05, 3.63) is 71.2 Å². The summed E-state index contributed by atoms with van der Waals surface area (Å²) in [5, 5.41) is 6.83. The molecule has 1 saturated heterocycles. The number of urea groups is 1. The lowest BCUT2D eigenvalue weighted by molar-refractivity contribution is 0.0952. The largest absolute Gasteiger partial charge is 0.457 e. The Morgan fingerprint density at radius 1 is 1.16 bits per heavy atom. The standard InChI is InChI=1S/C28H27N5O3S/c1-17-14-20(36-19-6-4-3-5-7-19)8-9-21(17)33-22-10-12-29-27-23(22)24(31-28(33)35)25(37-27)26(34)30-15-18-11-13-32(2)16-18/h3-10,12,14,18H,11,13,15-16H2,1-2H3,(H,30,34)(H,31,35)/t18-/m0/s1. The van der Waals surface area contributed by atoms with E-state index in [9.17, 15) is 9.59 Å². The lowest BCUT2D eigenvalue weighted by Gasteiger charge is -2.29. The van der Waals surface area contributed by atoms with E-state index in [1.807, 2.05) is 61.5 Å². The van der Waals surface area contributed by atoms with Gasteiger partial charge in [-0.3, -0.25) is 9.69 Å². The van der Waals surface area contributed by atoms with Gasteiger partial charge in [0.05, 0.1) is 22.4 Å². The molecular weight excluding hydrogens is 486 g/mol. The fourth-order valence-electron chi connectivity index (χ4n) is 5.06. The molecule has 0 unspecified atom stereocenters. The van der Waals surface area contributed by atoms with Gasteiger partial charge in [-0.25, -0.2) is 9.78 Å². The number of benzene rings is 2. The van der Waals surface area contributed by atoms with Crippen molar-refractivity contribution in [2.45, 2.75) is 13.3 Å². The predicted molar refractivity (Wildman–Crippen MR) is 146 cm³/mol. The van der Waals surface area contributed by atoms with Crippen LogP contribution in [0.2, 0.25) is 0 Å². The van der Waals surface area contributed by atoms with Gasteiger partial charge in [0.1, 0.15) is 21.2 Å². The van der Waals surface area contributed by atoms with Gasteiger partial charge < -0.3 is 20.3 Å². The highest BCUT2D eigenvalue weighted by Gasteiger charge is 2.33. The van der Waals surface area contributed by atoms with Crippen molar-refractivity contribution in [1.82, 2.24) is 15.2 Å². The Kier molecular flexibility index (Phi) is 6.02. The number of thiophene rings is 1. The Hall–Kier alpha value is -3.95. The van der Waals surface area contributed by atoms with E-state index in [0.29, 0.717) is 39.3 Å². The summed E-state index contributed by atoms with van der Waals surface area (Å²) in [7, 11) is 2.10. The smallest absolute Gasteiger partial charge is 0.331 e. The zero-order valence-corrected chi connectivity index (χ0v) is 21.5. The molecule has 2 aliphatic rings. The van der Waals surface area contributed by atoms with Crippen molar-refractivity contribution in [2.75, 3.05) is 36.9 Å². The molecule has 1 atom stereocenters. The van der Waals surface area contributed by atoms with Gasteiger partial charge in [-0.05, 0) is 74.8 Å². The average Bonchev–Trinajstić information content (AvgIpc) is 3.48. The molecule has 0 bridgehead atoms. The maximum Gasteiger partial charge on any atom is 0.331 e. The van der Waals surface area contributed by atoms with E-state index in [1.165, 1.54) is 11.3 Å². The van der Waals surface area contributed by atoms with Crippen LogP contribution in [0.3, 0.4) is 0 Å². The van der Waals surface area contributed by atoms with Crippen LogP contribution in [0.5, 0.6) is 11.5 Å². The number of nitrogens with zero attached hydrogens (tertiary/aromatic N) is 3. The first-order valence-electron chi connectivity index (χ1n) is 12.3. The number of nitrogens with one attached hydrogen (secondary N) is 2. The molecule has 2 aromatic heterocycles. The summed E-state index contributed by atoms with van der Waals surface area (Å²) < 4.78 is 5.96. The predicted octanol–water partition coefficient (Wildman–Crippen LogP) is 5.76. The number of hydrogen-bond acceptors (Lipinski definition) is 6. The van der Waals surface area contributed by atoms with Crippen LogP contribution >= 0.6 is 11.3 Å². The van der Waals surface area contributed by atoms with Crippen LogP contribution < -0.4 is 20.3 Å². The maximum absolute atomic E-state index is 13.4. The molecule has 3 amide bonds. The quantitative estimate of drug-likeness (QED) is 0.342. The minimum Gasteiger partial charge on any atom is -0.457 e. The topological polar surface area (TPSA) is 86.8 Å². The summed E-state index contributed by atoms with van der Waals surface area (Å²) in [6.07, 6.45) is 2.75. The number of ether oxygens (including phenoxy) is 1. The SMILES string of the molecule is Cc1cc(Oc2ccccc2)ccc1N1C(=O)Nc2c(C(=O)NC[C@@H]3CCN(C)C3)sc3nccc1c23. The monoisotopic (exact) mass is 513 g/mol. The fourth-order valence-corrected chi connectivity index (χ4v) is 6.10. The van der Waals surface area contributed by atoms with E-state index in [-0.39, 0.29) is 11.9 Å². The Morgan fingerprint density at radius 2 is 2.00 bits per heavy atom. The zero-order chi connectivity index (χ0) is 25.5. The van der Waals surface area contributed by atoms with Crippen molar-refractivity contribution in [3.8, 4) is 11.5 Å². The van der Waals surface area contributed by atoms with Crippen LogP contribution in [0.4, 0.5) is 21.9 Å². The van der Waals surface area contributed by atoms with E-state index in [1.54, 1.807) is 11.1 Å². The highest BCUT2D eigenvalue weighted by Crippen LogP contribution is 2.46. The first-order chi connectivity index (χ1) is 18.0. The van der Waals surface area contributed by atoms with Crippen molar-refractivity contribution in [2.24, 2.45) is 5.92 Å². The highest BCUT2D eigenvalue weighted by atomic mass is 32.1.